The van der Waals surface area contributed by atoms with Crippen molar-refractivity contribution in [3.05, 3.63) is 57.2 Å². The minimum Gasteiger partial charge on any atom is -0.481 e. The summed E-state index contributed by atoms with van der Waals surface area (Å²) < 4.78 is 5.98. The number of hydrogen-bond donors (Lipinski definition) is 1. The van der Waals surface area contributed by atoms with Gasteiger partial charge >= 0.3 is 5.97 Å². The molecule has 1 aromatic carbocycles. The smallest absolute Gasteiger partial charge is 0.305 e. The third-order valence-corrected chi connectivity index (χ3v) is 5.06. The monoisotopic (exact) mass is 404 g/mol. The summed E-state index contributed by atoms with van der Waals surface area (Å²) in [6, 6.07) is 9.27. The molecule has 0 bridgehead atoms. The lowest BCUT2D eigenvalue weighted by Gasteiger charge is -2.12. The average molecular weight is 404 g/mol. The number of aliphatic carboxylic acids is 1. The van der Waals surface area contributed by atoms with Gasteiger partial charge < -0.3 is 9.52 Å². The number of amides is 1. The fraction of sp³-hybridized carbons (Fsp3) is 0.118. The number of nitro groups is 1. The van der Waals surface area contributed by atoms with Gasteiger partial charge in [0.2, 0.25) is 0 Å². The number of carbonyl (C=O) groups is 2. The van der Waals surface area contributed by atoms with Crippen molar-refractivity contribution in [1.29, 1.82) is 0 Å². The standard InChI is InChI=1S/C17H12N2O6S2/c20-15(21)7-8-18-16(22)14(27-17(18)26)9-12-5-6-13(25-12)10-1-3-11(4-2-10)19(23)24/h1-6,9H,7-8H2,(H,20,21)/b14-9-. The second kappa shape index (κ2) is 7.72. The van der Waals surface area contributed by atoms with Crippen LogP contribution in [0.2, 0.25) is 0 Å². The molecule has 0 radical (unpaired) electrons. The number of carboxylic acid groups (broad SMARTS) is 1. The number of furan rings is 1. The first-order valence-corrected chi connectivity index (χ1v) is 8.89. The summed E-state index contributed by atoms with van der Waals surface area (Å²) in [6.07, 6.45) is 1.35. The molecule has 3 rings (SSSR count). The zero-order chi connectivity index (χ0) is 19.6. The number of nitrogens with zero attached hydrogens (tertiary/aromatic N) is 2. The van der Waals surface area contributed by atoms with Gasteiger partial charge in [-0.2, -0.15) is 0 Å². The van der Waals surface area contributed by atoms with E-state index in [1.807, 2.05) is 0 Å². The van der Waals surface area contributed by atoms with Crippen LogP contribution in [0.1, 0.15) is 12.2 Å². The fourth-order valence-corrected chi connectivity index (χ4v) is 3.65. The number of non-ortho nitro benzene ring substituents is 1. The Labute approximate surface area is 162 Å². The van der Waals surface area contributed by atoms with Gasteiger partial charge in [-0.3, -0.25) is 24.6 Å². The molecule has 27 heavy (non-hydrogen) atoms. The maximum atomic E-state index is 12.4. The van der Waals surface area contributed by atoms with Crippen molar-refractivity contribution in [2.75, 3.05) is 6.54 Å². The van der Waals surface area contributed by atoms with Crippen molar-refractivity contribution < 1.29 is 24.0 Å². The summed E-state index contributed by atoms with van der Waals surface area (Å²) in [5.41, 5.74) is 0.643. The number of carboxylic acids is 1. The lowest BCUT2D eigenvalue weighted by molar-refractivity contribution is -0.384. The van der Waals surface area contributed by atoms with Gasteiger partial charge in [-0.05, 0) is 24.3 Å². The number of benzene rings is 1. The molecular formula is C17H12N2O6S2. The van der Waals surface area contributed by atoms with Crippen LogP contribution in [-0.4, -0.2) is 37.7 Å². The first-order chi connectivity index (χ1) is 12.8. The Morgan fingerprint density at radius 1 is 1.30 bits per heavy atom. The number of thiocarbonyl (C=S) groups is 1. The van der Waals surface area contributed by atoms with Crippen LogP contribution in [0.3, 0.4) is 0 Å². The largest absolute Gasteiger partial charge is 0.481 e. The van der Waals surface area contributed by atoms with E-state index in [1.54, 1.807) is 24.3 Å². The summed E-state index contributed by atoms with van der Waals surface area (Å²) in [7, 11) is 0. The number of nitro benzene ring substituents is 1. The molecule has 0 aliphatic carbocycles. The maximum absolute atomic E-state index is 12.4. The molecule has 1 amide bonds. The van der Waals surface area contributed by atoms with Gasteiger partial charge in [0.25, 0.3) is 11.6 Å². The topological polar surface area (TPSA) is 114 Å². The molecule has 1 aliphatic heterocycles. The number of rotatable bonds is 6. The van der Waals surface area contributed by atoms with Gasteiger partial charge in [0, 0.05) is 30.3 Å². The Kier molecular flexibility index (Phi) is 5.38. The van der Waals surface area contributed by atoms with E-state index < -0.39 is 10.9 Å². The summed E-state index contributed by atoms with van der Waals surface area (Å²) in [4.78, 5) is 34.9. The SMILES string of the molecule is O=C(O)CCN1C(=O)/C(=C/c2ccc(-c3ccc([N+](=O)[O-])cc3)o2)SC1=S. The van der Waals surface area contributed by atoms with Crippen LogP contribution in [0, 0.1) is 10.1 Å². The zero-order valence-electron chi connectivity index (χ0n) is 13.7. The van der Waals surface area contributed by atoms with E-state index in [0.717, 1.165) is 11.8 Å². The predicted octanol–water partition coefficient (Wildman–Crippen LogP) is 3.53. The summed E-state index contributed by atoms with van der Waals surface area (Å²) in [5.74, 6) is -0.453. The van der Waals surface area contributed by atoms with Crippen molar-refractivity contribution in [1.82, 2.24) is 4.90 Å². The predicted molar refractivity (Wildman–Crippen MR) is 103 cm³/mol. The molecule has 0 spiro atoms. The van der Waals surface area contributed by atoms with Crippen LogP contribution < -0.4 is 0 Å². The minimum atomic E-state index is -1.01. The normalized spacial score (nSPS) is 15.6. The van der Waals surface area contributed by atoms with E-state index in [1.165, 1.54) is 23.1 Å². The number of thioether (sulfide) groups is 1. The minimum absolute atomic E-state index is 0.0174. The molecule has 0 unspecified atom stereocenters. The van der Waals surface area contributed by atoms with E-state index in [0.29, 0.717) is 26.3 Å². The molecule has 2 heterocycles. The van der Waals surface area contributed by atoms with Crippen molar-refractivity contribution in [3.8, 4) is 11.3 Å². The average Bonchev–Trinajstić information content (AvgIpc) is 3.19. The Morgan fingerprint density at radius 2 is 2.00 bits per heavy atom. The highest BCUT2D eigenvalue weighted by atomic mass is 32.2. The molecule has 1 aromatic heterocycles. The molecule has 0 saturated carbocycles. The Morgan fingerprint density at radius 3 is 2.63 bits per heavy atom. The van der Waals surface area contributed by atoms with Crippen LogP contribution in [-0.2, 0) is 9.59 Å². The first-order valence-electron chi connectivity index (χ1n) is 7.67. The van der Waals surface area contributed by atoms with Gasteiger partial charge in [0.15, 0.2) is 0 Å². The molecule has 8 nitrogen and oxygen atoms in total. The molecular weight excluding hydrogens is 392 g/mol. The summed E-state index contributed by atoms with van der Waals surface area (Å²) in [6.45, 7) is 0.0174. The van der Waals surface area contributed by atoms with Crippen molar-refractivity contribution in [2.45, 2.75) is 6.42 Å². The molecule has 10 heteroatoms. The molecule has 1 saturated heterocycles. The van der Waals surface area contributed by atoms with Gasteiger partial charge in [0.1, 0.15) is 15.8 Å². The Bertz CT molecular complexity index is 964. The third-order valence-electron chi connectivity index (χ3n) is 3.69. The molecule has 2 aromatic rings. The molecule has 1 fully saturated rings. The summed E-state index contributed by atoms with van der Waals surface area (Å²) >= 11 is 6.21. The van der Waals surface area contributed by atoms with E-state index in [9.17, 15) is 19.7 Å². The Balaban J connectivity index is 1.76. The highest BCUT2D eigenvalue weighted by molar-refractivity contribution is 8.26. The van der Waals surface area contributed by atoms with Crippen LogP contribution in [0.4, 0.5) is 5.69 Å². The lowest BCUT2D eigenvalue weighted by atomic mass is 10.1. The van der Waals surface area contributed by atoms with Crippen molar-refractivity contribution in [3.63, 3.8) is 0 Å². The van der Waals surface area contributed by atoms with Gasteiger partial charge in [-0.1, -0.05) is 24.0 Å². The van der Waals surface area contributed by atoms with E-state index in [2.05, 4.69) is 0 Å². The number of carbonyl (C=O) groups excluding carboxylic acids is 1. The maximum Gasteiger partial charge on any atom is 0.305 e. The molecule has 138 valence electrons. The van der Waals surface area contributed by atoms with Crippen molar-refractivity contribution >= 4 is 51.9 Å². The van der Waals surface area contributed by atoms with E-state index in [-0.39, 0.29) is 24.6 Å². The van der Waals surface area contributed by atoms with E-state index >= 15 is 0 Å². The molecule has 0 atom stereocenters. The zero-order valence-corrected chi connectivity index (χ0v) is 15.3. The molecule has 1 aliphatic rings. The molecule has 1 N–H and O–H groups in total. The summed E-state index contributed by atoms with van der Waals surface area (Å²) in [5, 5.41) is 19.5. The van der Waals surface area contributed by atoms with Crippen LogP contribution in [0.5, 0.6) is 0 Å². The second-order valence-electron chi connectivity index (χ2n) is 5.48. The Hall–Kier alpha value is -2.98. The quantitative estimate of drug-likeness (QED) is 0.337. The van der Waals surface area contributed by atoms with Gasteiger partial charge in [-0.25, -0.2) is 0 Å². The lowest BCUT2D eigenvalue weighted by Crippen LogP contribution is -2.30. The van der Waals surface area contributed by atoms with Gasteiger partial charge in [0.05, 0.1) is 16.2 Å². The fourth-order valence-electron chi connectivity index (χ4n) is 2.36. The number of hydrogen-bond acceptors (Lipinski definition) is 7. The van der Waals surface area contributed by atoms with Crippen LogP contribution >= 0.6 is 24.0 Å². The van der Waals surface area contributed by atoms with Crippen LogP contribution in [0.25, 0.3) is 17.4 Å². The van der Waals surface area contributed by atoms with Crippen LogP contribution in [0.15, 0.2) is 45.7 Å². The third kappa shape index (κ3) is 4.23. The first kappa shape index (κ1) is 18.8. The highest BCUT2D eigenvalue weighted by Crippen LogP contribution is 2.33. The second-order valence-corrected chi connectivity index (χ2v) is 7.16. The van der Waals surface area contributed by atoms with E-state index in [4.69, 9.17) is 21.7 Å². The van der Waals surface area contributed by atoms with Gasteiger partial charge in [-0.15, -0.1) is 0 Å². The highest BCUT2D eigenvalue weighted by Gasteiger charge is 2.32. The van der Waals surface area contributed by atoms with Crippen molar-refractivity contribution in [2.24, 2.45) is 0 Å².